The summed E-state index contributed by atoms with van der Waals surface area (Å²) in [6.07, 6.45) is 1.58. The van der Waals surface area contributed by atoms with Gasteiger partial charge in [0, 0.05) is 11.9 Å². The Hall–Kier alpha value is -0.960. The third-order valence-electron chi connectivity index (χ3n) is 2.31. The van der Waals surface area contributed by atoms with Gasteiger partial charge in [-0.15, -0.1) is 11.3 Å². The molecule has 1 saturated heterocycles. The van der Waals surface area contributed by atoms with Gasteiger partial charge in [0.1, 0.15) is 4.21 Å². The number of hydrogen-bond donors (Lipinski definition) is 1. The lowest BCUT2D eigenvalue weighted by Gasteiger charge is -2.24. The van der Waals surface area contributed by atoms with Gasteiger partial charge in [0.15, 0.2) is 0 Å². The zero-order chi connectivity index (χ0) is 12.5. The molecule has 1 aromatic heterocycles. The van der Waals surface area contributed by atoms with Gasteiger partial charge in [-0.3, -0.25) is 4.84 Å². The number of aromatic carboxylic acids is 1. The lowest BCUT2D eigenvalue weighted by molar-refractivity contribution is -0.108. The first-order valence-electron chi connectivity index (χ1n) is 4.99. The predicted octanol–water partition coefficient (Wildman–Crippen LogP) is 1.16. The van der Waals surface area contributed by atoms with Gasteiger partial charge < -0.3 is 5.11 Å². The molecule has 1 aliphatic rings. The minimum atomic E-state index is -3.71. The second kappa shape index (κ2) is 4.73. The highest BCUT2D eigenvalue weighted by Gasteiger charge is 2.29. The molecule has 94 valence electrons. The summed E-state index contributed by atoms with van der Waals surface area (Å²) in [7, 11) is -3.71. The molecule has 8 heteroatoms. The summed E-state index contributed by atoms with van der Waals surface area (Å²) in [5.74, 6) is -1.14. The van der Waals surface area contributed by atoms with Crippen LogP contribution < -0.4 is 0 Å². The van der Waals surface area contributed by atoms with Gasteiger partial charge in [-0.1, -0.05) is 4.47 Å². The fraction of sp³-hybridized carbons (Fsp3) is 0.444. The molecule has 0 aromatic carbocycles. The predicted molar refractivity (Wildman–Crippen MR) is 60.4 cm³/mol. The third-order valence-corrected chi connectivity index (χ3v) is 5.41. The molecule has 0 unspecified atom stereocenters. The Kier molecular flexibility index (Phi) is 3.48. The van der Waals surface area contributed by atoms with E-state index < -0.39 is 16.0 Å². The molecule has 1 aromatic rings. The van der Waals surface area contributed by atoms with Gasteiger partial charge in [-0.2, -0.15) is 0 Å². The summed E-state index contributed by atoms with van der Waals surface area (Å²) in [5, 5.41) is 10.0. The molecular weight excluding hydrogens is 266 g/mol. The van der Waals surface area contributed by atoms with E-state index in [1.807, 2.05) is 0 Å². The fourth-order valence-corrected chi connectivity index (χ4v) is 3.97. The van der Waals surface area contributed by atoms with E-state index in [-0.39, 0.29) is 9.77 Å². The van der Waals surface area contributed by atoms with Gasteiger partial charge in [0.25, 0.3) is 10.0 Å². The Morgan fingerprint density at radius 1 is 1.47 bits per heavy atom. The van der Waals surface area contributed by atoms with E-state index in [0.717, 1.165) is 34.7 Å². The van der Waals surface area contributed by atoms with Crippen molar-refractivity contribution in [3.63, 3.8) is 0 Å². The number of carbonyl (C=O) groups is 1. The van der Waals surface area contributed by atoms with Crippen LogP contribution in [0.1, 0.15) is 23.2 Å². The van der Waals surface area contributed by atoms with Crippen molar-refractivity contribution >= 4 is 27.3 Å². The quantitative estimate of drug-likeness (QED) is 0.896. The molecule has 2 heterocycles. The van der Waals surface area contributed by atoms with Gasteiger partial charge >= 0.3 is 5.97 Å². The van der Waals surface area contributed by atoms with E-state index in [1.165, 1.54) is 5.38 Å². The monoisotopic (exact) mass is 277 g/mol. The number of hydrogen-bond acceptors (Lipinski definition) is 5. The van der Waals surface area contributed by atoms with E-state index in [9.17, 15) is 13.2 Å². The first-order valence-corrected chi connectivity index (χ1v) is 7.31. The molecule has 0 atom stereocenters. The Morgan fingerprint density at radius 2 is 2.24 bits per heavy atom. The lowest BCUT2D eigenvalue weighted by atomic mass is 10.3. The Labute approximate surface area is 102 Å². The molecule has 1 N–H and O–H groups in total. The molecule has 2 rings (SSSR count). The second-order valence-electron chi connectivity index (χ2n) is 3.53. The van der Waals surface area contributed by atoms with Crippen LogP contribution in [0, 0.1) is 0 Å². The number of thiophene rings is 1. The number of carboxylic acid groups (broad SMARTS) is 1. The number of rotatable bonds is 3. The Morgan fingerprint density at radius 3 is 2.76 bits per heavy atom. The summed E-state index contributed by atoms with van der Waals surface area (Å²) < 4.78 is 25.0. The highest BCUT2D eigenvalue weighted by Crippen LogP contribution is 2.25. The summed E-state index contributed by atoms with van der Waals surface area (Å²) in [6, 6.07) is 1.15. The Balaban J connectivity index is 2.27. The van der Waals surface area contributed by atoms with Gasteiger partial charge in [-0.25, -0.2) is 13.2 Å². The van der Waals surface area contributed by atoms with Crippen LogP contribution in [-0.2, 0) is 14.9 Å². The zero-order valence-corrected chi connectivity index (χ0v) is 10.5. The number of carboxylic acids is 1. The van der Waals surface area contributed by atoms with Crippen LogP contribution in [0.2, 0.25) is 0 Å². The average Bonchev–Trinajstić information content (AvgIpc) is 2.80. The first-order chi connectivity index (χ1) is 8.01. The molecule has 17 heavy (non-hydrogen) atoms. The van der Waals surface area contributed by atoms with E-state index in [2.05, 4.69) is 0 Å². The van der Waals surface area contributed by atoms with Crippen molar-refractivity contribution in [2.45, 2.75) is 17.1 Å². The molecule has 0 amide bonds. The summed E-state index contributed by atoms with van der Waals surface area (Å²) in [5.41, 5.74) is -0.0226. The lowest BCUT2D eigenvalue weighted by Crippen LogP contribution is -2.35. The van der Waals surface area contributed by atoms with Crippen LogP contribution in [0.5, 0.6) is 0 Å². The van der Waals surface area contributed by atoms with Crippen LogP contribution in [0.3, 0.4) is 0 Å². The minimum Gasteiger partial charge on any atom is -0.478 e. The molecule has 6 nitrogen and oxygen atoms in total. The standard InChI is InChI=1S/C9H11NO5S2/c11-9(12)7-5-8(16-6-7)17(13,14)10-3-1-2-4-15-10/h5-6H,1-4H2,(H,11,12). The summed E-state index contributed by atoms with van der Waals surface area (Å²) in [6.45, 7) is 0.680. The molecule has 0 bridgehead atoms. The maximum atomic E-state index is 12.0. The van der Waals surface area contributed by atoms with Crippen molar-refractivity contribution in [2.75, 3.05) is 13.2 Å². The molecule has 0 aliphatic carbocycles. The molecule has 0 spiro atoms. The maximum Gasteiger partial charge on any atom is 0.336 e. The van der Waals surface area contributed by atoms with Crippen molar-refractivity contribution in [1.82, 2.24) is 4.47 Å². The third kappa shape index (κ3) is 2.49. The van der Waals surface area contributed by atoms with Crippen molar-refractivity contribution in [3.8, 4) is 0 Å². The fourth-order valence-electron chi connectivity index (χ4n) is 1.43. The molecule has 0 radical (unpaired) electrons. The SMILES string of the molecule is O=C(O)c1csc(S(=O)(=O)N2CCCCO2)c1. The van der Waals surface area contributed by atoms with Crippen molar-refractivity contribution in [3.05, 3.63) is 17.0 Å². The summed E-state index contributed by atoms with van der Waals surface area (Å²) in [4.78, 5) is 15.8. The van der Waals surface area contributed by atoms with Crippen LogP contribution in [0.15, 0.2) is 15.7 Å². The molecule has 0 saturated carbocycles. The van der Waals surface area contributed by atoms with Crippen molar-refractivity contribution in [2.24, 2.45) is 0 Å². The molecule has 1 aliphatic heterocycles. The van der Waals surface area contributed by atoms with E-state index in [4.69, 9.17) is 9.94 Å². The maximum absolute atomic E-state index is 12.0. The topological polar surface area (TPSA) is 83.9 Å². The minimum absolute atomic E-state index is 0.00296. The van der Waals surface area contributed by atoms with Crippen LogP contribution in [-0.4, -0.2) is 37.1 Å². The Bertz CT molecular complexity index is 515. The van der Waals surface area contributed by atoms with Crippen LogP contribution in [0.25, 0.3) is 0 Å². The highest BCUT2D eigenvalue weighted by atomic mass is 32.2. The number of nitrogens with zero attached hydrogens (tertiary/aromatic N) is 1. The largest absolute Gasteiger partial charge is 0.478 e. The zero-order valence-electron chi connectivity index (χ0n) is 8.83. The first kappa shape index (κ1) is 12.5. The number of hydroxylamine groups is 1. The normalized spacial score (nSPS) is 18.1. The van der Waals surface area contributed by atoms with E-state index in [1.54, 1.807) is 0 Å². The van der Waals surface area contributed by atoms with Gasteiger partial charge in [-0.05, 0) is 18.9 Å². The van der Waals surface area contributed by atoms with E-state index in [0.29, 0.717) is 13.2 Å². The molecule has 1 fully saturated rings. The second-order valence-corrected chi connectivity index (χ2v) is 6.50. The van der Waals surface area contributed by atoms with Crippen molar-refractivity contribution < 1.29 is 23.2 Å². The van der Waals surface area contributed by atoms with Gasteiger partial charge in [0.2, 0.25) is 0 Å². The smallest absolute Gasteiger partial charge is 0.336 e. The molecular formula is C9H11NO5S2. The average molecular weight is 277 g/mol. The van der Waals surface area contributed by atoms with Crippen molar-refractivity contribution in [1.29, 1.82) is 0 Å². The summed E-state index contributed by atoms with van der Waals surface area (Å²) >= 11 is 0.888. The van der Waals surface area contributed by atoms with Crippen LogP contribution in [0.4, 0.5) is 0 Å². The highest BCUT2D eigenvalue weighted by molar-refractivity contribution is 7.91. The van der Waals surface area contributed by atoms with E-state index >= 15 is 0 Å². The van der Waals surface area contributed by atoms with Gasteiger partial charge in [0.05, 0.1) is 12.2 Å². The van der Waals surface area contributed by atoms with Crippen LogP contribution >= 0.6 is 11.3 Å². The number of sulfonamides is 1.